The maximum absolute atomic E-state index is 13.0. The summed E-state index contributed by atoms with van der Waals surface area (Å²) in [6.45, 7) is 0. The van der Waals surface area contributed by atoms with Crippen LogP contribution >= 0.6 is 11.3 Å². The van der Waals surface area contributed by atoms with E-state index in [2.05, 4.69) is 11.1 Å². The number of nitriles is 1. The summed E-state index contributed by atoms with van der Waals surface area (Å²) in [7, 11) is 1.35. The molecule has 0 unspecified atom stereocenters. The average Bonchev–Trinajstić information content (AvgIpc) is 3.16. The van der Waals surface area contributed by atoms with Crippen molar-refractivity contribution in [1.29, 1.82) is 5.26 Å². The number of aromatic nitrogens is 1. The summed E-state index contributed by atoms with van der Waals surface area (Å²) >= 11 is 1.26. The molecule has 0 saturated carbocycles. The Morgan fingerprint density at radius 1 is 1.33 bits per heavy atom. The molecule has 0 bridgehead atoms. The molecule has 6 nitrogen and oxygen atoms in total. The first kappa shape index (κ1) is 18.2. The second-order valence-electron chi connectivity index (χ2n) is 5.40. The summed E-state index contributed by atoms with van der Waals surface area (Å²) in [5, 5.41) is 22.9. The first-order chi connectivity index (χ1) is 13.0. The van der Waals surface area contributed by atoms with E-state index in [0.29, 0.717) is 16.3 Å². The van der Waals surface area contributed by atoms with E-state index in [1.165, 1.54) is 48.8 Å². The number of ether oxygens (including phenoxy) is 1. The van der Waals surface area contributed by atoms with Gasteiger partial charge < -0.3 is 4.74 Å². The van der Waals surface area contributed by atoms with Gasteiger partial charge in [0.05, 0.1) is 23.3 Å². The van der Waals surface area contributed by atoms with Crippen molar-refractivity contribution in [2.45, 2.75) is 0 Å². The molecule has 0 aliphatic rings. The van der Waals surface area contributed by atoms with Crippen molar-refractivity contribution in [2.24, 2.45) is 0 Å². The summed E-state index contributed by atoms with van der Waals surface area (Å²) in [4.78, 5) is 15.0. The first-order valence-electron chi connectivity index (χ1n) is 7.68. The second kappa shape index (κ2) is 7.76. The molecule has 0 aliphatic carbocycles. The maximum Gasteiger partial charge on any atom is 0.311 e. The fourth-order valence-corrected chi connectivity index (χ4v) is 3.19. The number of nitro groups is 1. The van der Waals surface area contributed by atoms with Gasteiger partial charge in [-0.1, -0.05) is 6.07 Å². The van der Waals surface area contributed by atoms with Gasteiger partial charge in [0.15, 0.2) is 5.75 Å². The number of nitrogens with zero attached hydrogens (tertiary/aromatic N) is 3. The molecule has 3 aromatic rings. The zero-order valence-corrected chi connectivity index (χ0v) is 14.9. The van der Waals surface area contributed by atoms with Gasteiger partial charge in [-0.25, -0.2) is 9.37 Å². The standard InChI is InChI=1S/C19H12FN3O3S/c1-26-18-7-2-12(9-17(18)23(24)25)8-14(10-21)19-22-16(11-27-19)13-3-5-15(20)6-4-13/h2-9,11H,1H3/b14-8-. The molecular formula is C19H12FN3O3S. The van der Waals surface area contributed by atoms with Crippen LogP contribution in [0.2, 0.25) is 0 Å². The van der Waals surface area contributed by atoms with E-state index in [9.17, 15) is 19.8 Å². The van der Waals surface area contributed by atoms with Gasteiger partial charge in [-0.2, -0.15) is 5.26 Å². The normalized spacial score (nSPS) is 11.1. The summed E-state index contributed by atoms with van der Waals surface area (Å²) < 4.78 is 18.0. The van der Waals surface area contributed by atoms with Crippen LogP contribution in [0, 0.1) is 27.3 Å². The molecule has 27 heavy (non-hydrogen) atoms. The molecule has 134 valence electrons. The van der Waals surface area contributed by atoms with E-state index in [1.807, 2.05) is 0 Å². The van der Waals surface area contributed by atoms with Crippen LogP contribution in [0.5, 0.6) is 5.75 Å². The van der Waals surface area contributed by atoms with Crippen LogP contribution in [-0.4, -0.2) is 17.0 Å². The third kappa shape index (κ3) is 3.99. The molecule has 0 radical (unpaired) electrons. The Hall–Kier alpha value is -3.57. The van der Waals surface area contributed by atoms with E-state index in [1.54, 1.807) is 23.6 Å². The highest BCUT2D eigenvalue weighted by Gasteiger charge is 2.15. The lowest BCUT2D eigenvalue weighted by Crippen LogP contribution is -1.94. The minimum Gasteiger partial charge on any atom is -0.490 e. The summed E-state index contributed by atoms with van der Waals surface area (Å²) in [5.41, 5.74) is 1.92. The lowest BCUT2D eigenvalue weighted by molar-refractivity contribution is -0.385. The van der Waals surface area contributed by atoms with Crippen molar-refractivity contribution in [1.82, 2.24) is 4.98 Å². The third-order valence-corrected chi connectivity index (χ3v) is 4.58. The highest BCUT2D eigenvalue weighted by Crippen LogP contribution is 2.31. The molecule has 1 heterocycles. The van der Waals surface area contributed by atoms with E-state index in [4.69, 9.17) is 4.74 Å². The molecule has 1 aromatic heterocycles. The second-order valence-corrected chi connectivity index (χ2v) is 6.26. The van der Waals surface area contributed by atoms with Crippen LogP contribution in [-0.2, 0) is 0 Å². The first-order valence-corrected chi connectivity index (χ1v) is 8.56. The fourth-order valence-electron chi connectivity index (χ4n) is 2.40. The van der Waals surface area contributed by atoms with Gasteiger partial charge in [-0.15, -0.1) is 11.3 Å². The Morgan fingerprint density at radius 3 is 2.70 bits per heavy atom. The average molecular weight is 381 g/mol. The molecular weight excluding hydrogens is 369 g/mol. The van der Waals surface area contributed by atoms with Gasteiger partial charge in [0, 0.05) is 17.0 Å². The maximum atomic E-state index is 13.0. The quantitative estimate of drug-likeness (QED) is 0.355. The molecule has 8 heteroatoms. The van der Waals surface area contributed by atoms with Gasteiger partial charge in [-0.3, -0.25) is 10.1 Å². The number of allylic oxidation sites excluding steroid dienone is 1. The summed E-state index contributed by atoms with van der Waals surface area (Å²) in [5.74, 6) is -0.198. The van der Waals surface area contributed by atoms with Crippen molar-refractivity contribution in [3.63, 3.8) is 0 Å². The van der Waals surface area contributed by atoms with Crippen LogP contribution in [0.25, 0.3) is 22.9 Å². The predicted molar refractivity (Wildman–Crippen MR) is 101 cm³/mol. The van der Waals surface area contributed by atoms with Crippen molar-refractivity contribution >= 4 is 28.7 Å². The number of hydrogen-bond donors (Lipinski definition) is 0. The number of nitro benzene ring substituents is 1. The van der Waals surface area contributed by atoms with Crippen LogP contribution < -0.4 is 4.74 Å². The molecule has 0 N–H and O–H groups in total. The van der Waals surface area contributed by atoms with E-state index in [-0.39, 0.29) is 22.8 Å². The summed E-state index contributed by atoms with van der Waals surface area (Å²) in [6, 6.07) is 12.4. The zero-order chi connectivity index (χ0) is 19.4. The lowest BCUT2D eigenvalue weighted by Gasteiger charge is -2.02. The van der Waals surface area contributed by atoms with E-state index < -0.39 is 4.92 Å². The van der Waals surface area contributed by atoms with Crippen molar-refractivity contribution in [3.8, 4) is 23.1 Å². The molecule has 3 rings (SSSR count). The fraction of sp³-hybridized carbons (Fsp3) is 0.0526. The van der Waals surface area contributed by atoms with Crippen molar-refractivity contribution in [3.05, 3.63) is 74.3 Å². The molecule has 0 aliphatic heterocycles. The molecule has 0 saturated heterocycles. The zero-order valence-electron chi connectivity index (χ0n) is 14.0. The Kier molecular flexibility index (Phi) is 5.24. The van der Waals surface area contributed by atoms with Gasteiger partial charge in [0.2, 0.25) is 0 Å². The number of benzene rings is 2. The van der Waals surface area contributed by atoms with Crippen LogP contribution in [0.15, 0.2) is 47.8 Å². The topological polar surface area (TPSA) is 89.0 Å². The monoisotopic (exact) mass is 381 g/mol. The van der Waals surface area contributed by atoms with Crippen molar-refractivity contribution in [2.75, 3.05) is 7.11 Å². The number of methoxy groups -OCH3 is 1. The van der Waals surface area contributed by atoms with Gasteiger partial charge in [-0.05, 0) is 42.0 Å². The van der Waals surface area contributed by atoms with E-state index >= 15 is 0 Å². The number of hydrogen-bond acceptors (Lipinski definition) is 6. The largest absolute Gasteiger partial charge is 0.490 e. The highest BCUT2D eigenvalue weighted by atomic mass is 32.1. The smallest absolute Gasteiger partial charge is 0.311 e. The van der Waals surface area contributed by atoms with Gasteiger partial charge in [0.1, 0.15) is 16.9 Å². The molecule has 0 amide bonds. The number of halogens is 1. The van der Waals surface area contributed by atoms with Crippen LogP contribution in [0.4, 0.5) is 10.1 Å². The Labute approximate surface area is 158 Å². The van der Waals surface area contributed by atoms with Gasteiger partial charge >= 0.3 is 5.69 Å². The van der Waals surface area contributed by atoms with Crippen LogP contribution in [0.1, 0.15) is 10.6 Å². The predicted octanol–water partition coefficient (Wildman–Crippen LogP) is 4.93. The molecule has 0 fully saturated rings. The lowest BCUT2D eigenvalue weighted by atomic mass is 10.1. The molecule has 0 atom stereocenters. The number of thiazole rings is 1. The molecule has 0 spiro atoms. The minimum absolute atomic E-state index is 0.142. The number of rotatable bonds is 5. The summed E-state index contributed by atoms with van der Waals surface area (Å²) in [6.07, 6.45) is 1.53. The van der Waals surface area contributed by atoms with E-state index in [0.717, 1.165) is 5.56 Å². The Balaban J connectivity index is 1.96. The minimum atomic E-state index is -0.543. The highest BCUT2D eigenvalue weighted by molar-refractivity contribution is 7.11. The third-order valence-electron chi connectivity index (χ3n) is 3.71. The van der Waals surface area contributed by atoms with Crippen molar-refractivity contribution < 1.29 is 14.1 Å². The van der Waals surface area contributed by atoms with Crippen LogP contribution in [0.3, 0.4) is 0 Å². The Bertz CT molecular complexity index is 1070. The Morgan fingerprint density at radius 2 is 2.07 bits per heavy atom. The SMILES string of the molecule is COc1ccc(/C=C(/C#N)c2nc(-c3ccc(F)cc3)cs2)cc1[N+](=O)[O-]. The van der Waals surface area contributed by atoms with Gasteiger partial charge in [0.25, 0.3) is 0 Å². The molecule has 2 aromatic carbocycles.